The maximum atomic E-state index is 13.2. The average Bonchev–Trinajstić information content (AvgIpc) is 3.24. The quantitative estimate of drug-likeness (QED) is 0.627. The van der Waals surface area contributed by atoms with Gasteiger partial charge in [0.05, 0.1) is 29.2 Å². The first-order valence-corrected chi connectivity index (χ1v) is 8.49. The Morgan fingerprint density at radius 1 is 0.960 bits per heavy atom. The van der Waals surface area contributed by atoms with Crippen molar-refractivity contribution in [2.24, 2.45) is 11.8 Å². The second kappa shape index (κ2) is 4.90. The molecular weight excluding hydrogens is 314 g/mol. The molecule has 4 atom stereocenters. The number of fused-ring (bicyclic) bond motifs is 5. The zero-order valence-corrected chi connectivity index (χ0v) is 13.8. The SMILES string of the molecule is C[C@@]12C=C[C@@H](O1)[C@@H]1C(=O)N(c3ccccc3-c3ccccc3)C(=O)[C@H]12. The molecule has 4 nitrogen and oxygen atoms in total. The number of hydrogen-bond acceptors (Lipinski definition) is 3. The topological polar surface area (TPSA) is 46.6 Å². The van der Waals surface area contributed by atoms with E-state index in [1.807, 2.05) is 73.7 Å². The number of carbonyl (C=O) groups is 2. The van der Waals surface area contributed by atoms with Crippen molar-refractivity contribution >= 4 is 17.5 Å². The van der Waals surface area contributed by atoms with Crippen LogP contribution in [-0.2, 0) is 14.3 Å². The van der Waals surface area contributed by atoms with E-state index in [1.54, 1.807) is 0 Å². The van der Waals surface area contributed by atoms with Crippen molar-refractivity contribution < 1.29 is 14.3 Å². The highest BCUT2D eigenvalue weighted by Crippen LogP contribution is 2.52. The fraction of sp³-hybridized carbons (Fsp3) is 0.238. The highest BCUT2D eigenvalue weighted by atomic mass is 16.5. The van der Waals surface area contributed by atoms with Crippen molar-refractivity contribution in [1.82, 2.24) is 0 Å². The molecule has 0 aromatic heterocycles. The predicted octanol–water partition coefficient (Wildman–Crippen LogP) is 3.19. The molecule has 2 fully saturated rings. The van der Waals surface area contributed by atoms with Crippen LogP contribution >= 0.6 is 0 Å². The molecule has 0 N–H and O–H groups in total. The van der Waals surface area contributed by atoms with Gasteiger partial charge in [-0.2, -0.15) is 0 Å². The van der Waals surface area contributed by atoms with E-state index < -0.39 is 17.4 Å². The number of anilines is 1. The summed E-state index contributed by atoms with van der Waals surface area (Å²) < 4.78 is 5.89. The molecule has 0 saturated carbocycles. The fourth-order valence-electron chi connectivity index (χ4n) is 4.42. The van der Waals surface area contributed by atoms with Crippen molar-refractivity contribution in [3.05, 3.63) is 66.7 Å². The molecule has 2 bridgehead atoms. The molecule has 3 aliphatic rings. The maximum Gasteiger partial charge on any atom is 0.241 e. The van der Waals surface area contributed by atoms with Gasteiger partial charge in [0.2, 0.25) is 11.8 Å². The lowest BCUT2D eigenvalue weighted by molar-refractivity contribution is -0.126. The van der Waals surface area contributed by atoms with Crippen LogP contribution in [0.25, 0.3) is 11.1 Å². The summed E-state index contributed by atoms with van der Waals surface area (Å²) in [6.45, 7) is 1.89. The minimum atomic E-state index is -0.668. The average molecular weight is 331 g/mol. The number of imide groups is 1. The van der Waals surface area contributed by atoms with Crippen molar-refractivity contribution in [3.63, 3.8) is 0 Å². The zero-order chi connectivity index (χ0) is 17.2. The van der Waals surface area contributed by atoms with Crippen molar-refractivity contribution in [3.8, 4) is 11.1 Å². The van der Waals surface area contributed by atoms with E-state index in [-0.39, 0.29) is 17.9 Å². The Hall–Kier alpha value is -2.72. The van der Waals surface area contributed by atoms with Crippen molar-refractivity contribution in [1.29, 1.82) is 0 Å². The van der Waals surface area contributed by atoms with E-state index in [1.165, 1.54) is 4.90 Å². The van der Waals surface area contributed by atoms with E-state index in [4.69, 9.17) is 4.74 Å². The van der Waals surface area contributed by atoms with Gasteiger partial charge >= 0.3 is 0 Å². The first-order valence-electron chi connectivity index (χ1n) is 8.49. The van der Waals surface area contributed by atoms with Gasteiger partial charge in [0, 0.05) is 5.56 Å². The minimum absolute atomic E-state index is 0.156. The van der Waals surface area contributed by atoms with Crippen LogP contribution in [0.15, 0.2) is 66.7 Å². The molecule has 5 rings (SSSR count). The van der Waals surface area contributed by atoms with E-state index in [9.17, 15) is 9.59 Å². The third-order valence-corrected chi connectivity index (χ3v) is 5.56. The Balaban J connectivity index is 1.63. The molecule has 0 aliphatic carbocycles. The van der Waals surface area contributed by atoms with Gasteiger partial charge in [0.15, 0.2) is 0 Å². The van der Waals surface area contributed by atoms with E-state index >= 15 is 0 Å². The standard InChI is InChI=1S/C21H17NO3/c1-21-12-11-16(25-21)17-18(21)20(24)22(19(17)23)15-10-6-5-9-14(15)13-7-3-2-4-8-13/h2-12,16-18H,1H3/t16-,17+,18+,21+/m1/s1. The van der Waals surface area contributed by atoms with Crippen LogP contribution in [0.1, 0.15) is 6.92 Å². The molecule has 3 aliphatic heterocycles. The third kappa shape index (κ3) is 1.86. The molecule has 3 heterocycles. The normalized spacial score (nSPS) is 32.5. The van der Waals surface area contributed by atoms with Crippen LogP contribution in [0.2, 0.25) is 0 Å². The van der Waals surface area contributed by atoms with Crippen LogP contribution in [0.4, 0.5) is 5.69 Å². The van der Waals surface area contributed by atoms with Gasteiger partial charge in [-0.05, 0) is 18.6 Å². The molecule has 25 heavy (non-hydrogen) atoms. The molecule has 2 saturated heterocycles. The number of benzene rings is 2. The smallest absolute Gasteiger partial charge is 0.241 e. The number of rotatable bonds is 2. The number of carbonyl (C=O) groups excluding carboxylic acids is 2. The lowest BCUT2D eigenvalue weighted by atomic mass is 9.78. The number of hydrogen-bond donors (Lipinski definition) is 0. The molecule has 2 amide bonds. The van der Waals surface area contributed by atoms with E-state index in [2.05, 4.69) is 0 Å². The summed E-state index contributed by atoms with van der Waals surface area (Å²) in [6.07, 6.45) is 3.55. The summed E-state index contributed by atoms with van der Waals surface area (Å²) in [5.41, 5.74) is 1.86. The lowest BCUT2D eigenvalue weighted by Gasteiger charge is -2.25. The summed E-state index contributed by atoms with van der Waals surface area (Å²) in [5, 5.41) is 0. The molecule has 124 valence electrons. The lowest BCUT2D eigenvalue weighted by Crippen LogP contribution is -2.38. The van der Waals surface area contributed by atoms with Crippen LogP contribution in [0, 0.1) is 11.8 Å². The Kier molecular flexibility index (Phi) is 2.86. The number of ether oxygens (including phenoxy) is 1. The molecular formula is C21H17NO3. The van der Waals surface area contributed by atoms with Crippen LogP contribution in [0.3, 0.4) is 0 Å². The minimum Gasteiger partial charge on any atom is -0.362 e. The summed E-state index contributed by atoms with van der Waals surface area (Å²) in [4.78, 5) is 27.6. The van der Waals surface area contributed by atoms with E-state index in [0.29, 0.717) is 5.69 Å². The zero-order valence-electron chi connectivity index (χ0n) is 13.8. The highest BCUT2D eigenvalue weighted by molar-refractivity contribution is 6.24. The van der Waals surface area contributed by atoms with Gasteiger partial charge in [-0.3, -0.25) is 9.59 Å². The van der Waals surface area contributed by atoms with E-state index in [0.717, 1.165) is 11.1 Å². The summed E-state index contributed by atoms with van der Waals surface area (Å²) in [7, 11) is 0. The van der Waals surface area contributed by atoms with Crippen molar-refractivity contribution in [2.45, 2.75) is 18.6 Å². The Morgan fingerprint density at radius 2 is 1.68 bits per heavy atom. The van der Waals surface area contributed by atoms with Gasteiger partial charge in [-0.1, -0.05) is 60.7 Å². The summed E-state index contributed by atoms with van der Waals surface area (Å²) in [6, 6.07) is 17.4. The van der Waals surface area contributed by atoms with Crippen molar-refractivity contribution in [2.75, 3.05) is 4.90 Å². The fourth-order valence-corrected chi connectivity index (χ4v) is 4.42. The summed E-state index contributed by atoms with van der Waals surface area (Å²) in [5.74, 6) is -1.16. The second-order valence-electron chi connectivity index (χ2n) is 7.02. The monoisotopic (exact) mass is 331 g/mol. The van der Waals surface area contributed by atoms with Crippen LogP contribution in [-0.4, -0.2) is 23.5 Å². The van der Waals surface area contributed by atoms with Gasteiger partial charge in [-0.15, -0.1) is 0 Å². The largest absolute Gasteiger partial charge is 0.362 e. The van der Waals surface area contributed by atoms with Gasteiger partial charge in [0.1, 0.15) is 0 Å². The summed E-state index contributed by atoms with van der Waals surface area (Å²) >= 11 is 0. The number of para-hydroxylation sites is 1. The van der Waals surface area contributed by atoms with Gasteiger partial charge in [-0.25, -0.2) is 4.90 Å². The number of nitrogens with zero attached hydrogens (tertiary/aromatic N) is 1. The van der Waals surface area contributed by atoms with Crippen LogP contribution < -0.4 is 4.90 Å². The van der Waals surface area contributed by atoms with Crippen LogP contribution in [0.5, 0.6) is 0 Å². The second-order valence-corrected chi connectivity index (χ2v) is 7.02. The first-order chi connectivity index (χ1) is 12.1. The Labute approximate surface area is 145 Å². The highest BCUT2D eigenvalue weighted by Gasteiger charge is 2.66. The van der Waals surface area contributed by atoms with Gasteiger partial charge < -0.3 is 4.74 Å². The third-order valence-electron chi connectivity index (χ3n) is 5.56. The molecule has 2 aromatic rings. The Morgan fingerprint density at radius 3 is 2.44 bits per heavy atom. The first kappa shape index (κ1) is 14.6. The predicted molar refractivity (Wildman–Crippen MR) is 93.8 cm³/mol. The molecule has 2 aromatic carbocycles. The Bertz CT molecular complexity index is 920. The molecule has 4 heteroatoms. The maximum absolute atomic E-state index is 13.2. The molecule has 0 radical (unpaired) electrons. The van der Waals surface area contributed by atoms with Gasteiger partial charge in [0.25, 0.3) is 0 Å². The molecule has 0 spiro atoms. The number of amides is 2. The molecule has 0 unspecified atom stereocenters.